The van der Waals surface area contributed by atoms with Gasteiger partial charge in [-0.25, -0.2) is 0 Å². The number of rotatable bonds is 0. The molecule has 0 unspecified atom stereocenters. The molecule has 28 valence electrons. The molecule has 0 aliphatic heterocycles. The molecule has 3 nitrogen and oxygen atoms in total. The van der Waals surface area contributed by atoms with E-state index in [4.69, 9.17) is 14.1 Å². The molecule has 0 N–H and O–H groups in total. The minimum absolute atomic E-state index is 0. The first-order valence-corrected chi connectivity index (χ1v) is 1.84. The van der Waals surface area contributed by atoms with Crippen molar-refractivity contribution in [3.63, 3.8) is 0 Å². The van der Waals surface area contributed by atoms with Gasteiger partial charge in [-0.3, -0.25) is 0 Å². The summed E-state index contributed by atoms with van der Waals surface area (Å²) in [6.07, 6.45) is 0. The molecule has 8 heavy (non-hydrogen) atoms. The average molecular weight is 170 g/mol. The topological polar surface area (TPSA) is 63.2 Å². The van der Waals surface area contributed by atoms with Gasteiger partial charge in [-0.05, 0) is 0 Å². The van der Waals surface area contributed by atoms with Crippen LogP contribution in [0.3, 0.4) is 0 Å². The van der Waals surface area contributed by atoms with Crippen LogP contribution in [0.15, 0.2) is 0 Å². The first kappa shape index (κ1) is 29.6. The molecule has 0 aliphatic carbocycles. The fraction of sp³-hybridized carbons (Fsp3) is 0. The summed E-state index contributed by atoms with van der Waals surface area (Å²) in [7, 11) is -3.63. The molecule has 0 amide bonds. The zero-order valence-corrected chi connectivity index (χ0v) is 11.0. The molecule has 0 bridgehead atoms. The quantitative estimate of drug-likeness (QED) is 0.339. The Morgan fingerprint density at radius 1 is 1.00 bits per heavy atom. The molecule has 0 rings (SSSR count). The van der Waals surface area contributed by atoms with Gasteiger partial charge in [0.1, 0.15) is 0 Å². The standard InChI is InChI=1S/2K.2Li.O3Si.2H/c;;;;1-4(2)3;;/q2*+1;;;-2;;. The summed E-state index contributed by atoms with van der Waals surface area (Å²) < 4.78 is 8.52. The third-order valence-electron chi connectivity index (χ3n) is 0. The third kappa shape index (κ3) is 49.9. The van der Waals surface area contributed by atoms with E-state index in [1.165, 1.54) is 0 Å². The summed E-state index contributed by atoms with van der Waals surface area (Å²) in [6, 6.07) is 0. The van der Waals surface area contributed by atoms with E-state index in [-0.39, 0.29) is 140 Å². The second-order valence-electron chi connectivity index (χ2n) is 0.250. The number of hydrogen-bond acceptors (Lipinski definition) is 3. The Morgan fingerprint density at radius 3 is 1.00 bits per heavy atom. The third-order valence-corrected chi connectivity index (χ3v) is 0. The van der Waals surface area contributed by atoms with Gasteiger partial charge in [0.05, 0.1) is 0 Å². The molecule has 0 aromatic rings. The van der Waals surface area contributed by atoms with E-state index >= 15 is 0 Å². The van der Waals surface area contributed by atoms with Gasteiger partial charge < -0.3 is 14.1 Å². The van der Waals surface area contributed by atoms with Crippen molar-refractivity contribution in [2.75, 3.05) is 0 Å². The maximum absolute atomic E-state index is 8.52. The van der Waals surface area contributed by atoms with Crippen LogP contribution in [-0.4, -0.2) is 46.9 Å². The Kier molecular flexibility index (Phi) is 83.1. The summed E-state index contributed by atoms with van der Waals surface area (Å²) in [5.74, 6) is 0. The monoisotopic (exact) mass is 170 g/mol. The van der Waals surface area contributed by atoms with E-state index in [1.807, 2.05) is 0 Å². The van der Waals surface area contributed by atoms with Gasteiger partial charge >= 0.3 is 140 Å². The molecule has 0 radical (unpaired) electrons. The SMILES string of the molecule is O=[Si]([O-])[O-].[K+].[K+].[LiH].[LiH]. The van der Waals surface area contributed by atoms with Gasteiger partial charge in [-0.2, -0.15) is 0 Å². The van der Waals surface area contributed by atoms with Gasteiger partial charge in [0.2, 0.25) is 0 Å². The zero-order valence-electron chi connectivity index (χ0n) is 3.72. The Hall–Kier alpha value is 4.08. The van der Waals surface area contributed by atoms with Crippen LogP contribution >= 0.6 is 0 Å². The second kappa shape index (κ2) is 22.5. The Labute approximate surface area is 159 Å². The zero-order chi connectivity index (χ0) is 3.58. The van der Waals surface area contributed by atoms with Crippen LogP contribution < -0.4 is 112 Å². The van der Waals surface area contributed by atoms with E-state index in [0.29, 0.717) is 0 Å². The van der Waals surface area contributed by atoms with Crippen molar-refractivity contribution in [2.45, 2.75) is 0 Å². The van der Waals surface area contributed by atoms with Gasteiger partial charge in [-0.1, -0.05) is 0 Å². The normalized spacial score (nSPS) is 3.00. The predicted octanol–water partition coefficient (Wildman–Crippen LogP) is -10.2. The molecular weight excluding hydrogens is 168 g/mol. The molecular formula is H2K2Li2O3Si. The van der Waals surface area contributed by atoms with Crippen molar-refractivity contribution in [3.8, 4) is 0 Å². The minimum atomic E-state index is -3.63. The predicted molar refractivity (Wildman–Crippen MR) is 20.7 cm³/mol. The van der Waals surface area contributed by atoms with Gasteiger partial charge in [0.15, 0.2) is 0 Å². The fourth-order valence-corrected chi connectivity index (χ4v) is 0. The summed E-state index contributed by atoms with van der Waals surface area (Å²) >= 11 is 0. The van der Waals surface area contributed by atoms with Crippen LogP contribution in [0.4, 0.5) is 0 Å². The first-order valence-electron chi connectivity index (χ1n) is 0.612. The average Bonchev–Trinajstić information content (AvgIpc) is 0.811. The van der Waals surface area contributed by atoms with Crippen LogP contribution in [-0.2, 0) is 4.46 Å². The number of hydrogen-bond donors (Lipinski definition) is 0. The van der Waals surface area contributed by atoms with E-state index < -0.39 is 9.17 Å². The Bertz CT molecular complexity index is 38.3. The van der Waals surface area contributed by atoms with Crippen LogP contribution in [0.5, 0.6) is 0 Å². The summed E-state index contributed by atoms with van der Waals surface area (Å²) in [4.78, 5) is 17.0. The van der Waals surface area contributed by atoms with Crippen molar-refractivity contribution in [3.05, 3.63) is 0 Å². The van der Waals surface area contributed by atoms with E-state index in [9.17, 15) is 0 Å². The van der Waals surface area contributed by atoms with Crippen LogP contribution in [0.1, 0.15) is 0 Å². The Morgan fingerprint density at radius 2 is 1.00 bits per heavy atom. The molecule has 0 heterocycles. The molecule has 0 aliphatic rings. The molecule has 0 fully saturated rings. The first-order chi connectivity index (χ1) is 1.73. The van der Waals surface area contributed by atoms with Gasteiger partial charge in [0.25, 0.3) is 0 Å². The fourth-order valence-electron chi connectivity index (χ4n) is 0. The van der Waals surface area contributed by atoms with Crippen LogP contribution in [0.2, 0.25) is 0 Å². The summed E-state index contributed by atoms with van der Waals surface area (Å²) in [5.41, 5.74) is 0. The van der Waals surface area contributed by atoms with Crippen LogP contribution in [0.25, 0.3) is 0 Å². The molecule has 8 heteroatoms. The Balaban J connectivity index is -0.00000000750. The molecule has 0 aromatic carbocycles. The van der Waals surface area contributed by atoms with E-state index in [1.54, 1.807) is 0 Å². The molecule has 0 saturated heterocycles. The summed E-state index contributed by atoms with van der Waals surface area (Å²) in [5, 5.41) is 0. The van der Waals surface area contributed by atoms with Crippen molar-refractivity contribution in [1.82, 2.24) is 0 Å². The van der Waals surface area contributed by atoms with Crippen molar-refractivity contribution < 1.29 is 117 Å². The molecule has 0 saturated carbocycles. The van der Waals surface area contributed by atoms with E-state index in [0.717, 1.165) is 0 Å². The van der Waals surface area contributed by atoms with Gasteiger partial charge in [0, 0.05) is 9.17 Å². The van der Waals surface area contributed by atoms with Crippen molar-refractivity contribution >= 4 is 46.9 Å². The van der Waals surface area contributed by atoms with Crippen molar-refractivity contribution in [2.24, 2.45) is 0 Å². The second-order valence-corrected chi connectivity index (χ2v) is 0.750. The molecule has 0 aromatic heterocycles. The van der Waals surface area contributed by atoms with Gasteiger partial charge in [-0.15, -0.1) is 0 Å². The maximum atomic E-state index is 8.52. The molecule has 0 atom stereocenters. The van der Waals surface area contributed by atoms with E-state index in [2.05, 4.69) is 0 Å². The van der Waals surface area contributed by atoms with Crippen molar-refractivity contribution in [1.29, 1.82) is 0 Å². The summed E-state index contributed by atoms with van der Waals surface area (Å²) in [6.45, 7) is 0. The molecule has 0 spiro atoms. The van der Waals surface area contributed by atoms with Crippen LogP contribution in [0, 0.1) is 0 Å².